The zero-order valence-corrected chi connectivity index (χ0v) is 11.8. The molecule has 0 heterocycles. The summed E-state index contributed by atoms with van der Waals surface area (Å²) in [4.78, 5) is 12.1. The maximum atomic E-state index is 12.1. The Morgan fingerprint density at radius 1 is 1.20 bits per heavy atom. The van der Waals surface area contributed by atoms with Crippen molar-refractivity contribution in [3.8, 4) is 0 Å². The number of rotatable bonds is 4. The summed E-state index contributed by atoms with van der Waals surface area (Å²) in [6, 6.07) is 10.3. The second-order valence-corrected chi connectivity index (χ2v) is 6.22. The minimum atomic E-state index is -0.229. The average molecular weight is 273 g/mol. The summed E-state index contributed by atoms with van der Waals surface area (Å²) in [5, 5.41) is 13.0. The van der Waals surface area contributed by atoms with Gasteiger partial charge in [0.1, 0.15) is 0 Å². The summed E-state index contributed by atoms with van der Waals surface area (Å²) in [5.74, 6) is 0.948. The number of hydrogen-bond acceptors (Lipinski definition) is 2. The van der Waals surface area contributed by atoms with E-state index in [4.69, 9.17) is 0 Å². The van der Waals surface area contributed by atoms with E-state index in [9.17, 15) is 9.90 Å². The second kappa shape index (κ2) is 5.96. The molecule has 3 rings (SSSR count). The molecule has 4 unspecified atom stereocenters. The minimum Gasteiger partial charge on any atom is -0.393 e. The van der Waals surface area contributed by atoms with Crippen molar-refractivity contribution in [2.24, 2.45) is 11.8 Å². The van der Waals surface area contributed by atoms with Gasteiger partial charge in [0.05, 0.1) is 6.10 Å². The van der Waals surface area contributed by atoms with Crippen molar-refractivity contribution >= 4 is 5.91 Å². The highest BCUT2D eigenvalue weighted by molar-refractivity contribution is 5.82. The van der Waals surface area contributed by atoms with Crippen LogP contribution in [0.2, 0.25) is 0 Å². The minimum absolute atomic E-state index is 0.137. The molecule has 2 N–H and O–H groups in total. The summed E-state index contributed by atoms with van der Waals surface area (Å²) in [7, 11) is 0. The van der Waals surface area contributed by atoms with Crippen LogP contribution in [-0.2, 0) is 4.79 Å². The van der Waals surface area contributed by atoms with Crippen LogP contribution in [0, 0.1) is 11.8 Å². The van der Waals surface area contributed by atoms with E-state index in [0.29, 0.717) is 12.5 Å². The molecule has 2 aliphatic carbocycles. The molecule has 20 heavy (non-hydrogen) atoms. The summed E-state index contributed by atoms with van der Waals surface area (Å²) < 4.78 is 0. The fourth-order valence-corrected chi connectivity index (χ4v) is 3.34. The number of aliphatic hydroxyl groups excluding tert-OH is 1. The zero-order valence-electron chi connectivity index (χ0n) is 11.8. The monoisotopic (exact) mass is 273 g/mol. The van der Waals surface area contributed by atoms with Crippen molar-refractivity contribution in [3.05, 3.63) is 35.9 Å². The van der Waals surface area contributed by atoms with Gasteiger partial charge in [-0.25, -0.2) is 0 Å². The van der Waals surface area contributed by atoms with Crippen LogP contribution in [0.3, 0.4) is 0 Å². The van der Waals surface area contributed by atoms with Gasteiger partial charge in [-0.15, -0.1) is 0 Å². The molecule has 0 aromatic heterocycles. The number of benzene rings is 1. The first-order chi connectivity index (χ1) is 9.75. The van der Waals surface area contributed by atoms with Crippen LogP contribution in [0.25, 0.3) is 0 Å². The molecule has 0 spiro atoms. The van der Waals surface area contributed by atoms with E-state index >= 15 is 0 Å². The maximum Gasteiger partial charge on any atom is 0.223 e. The SMILES string of the molecule is O=C(NCC1CCCCC1O)C1CC1c1ccccc1. The molecular formula is C17H23NO2. The van der Waals surface area contributed by atoms with Crippen molar-refractivity contribution in [3.63, 3.8) is 0 Å². The van der Waals surface area contributed by atoms with Crippen LogP contribution >= 0.6 is 0 Å². The third-order valence-electron chi connectivity index (χ3n) is 4.76. The van der Waals surface area contributed by atoms with E-state index in [2.05, 4.69) is 17.4 Å². The van der Waals surface area contributed by atoms with Gasteiger partial charge in [-0.3, -0.25) is 4.79 Å². The predicted octanol–water partition coefficient (Wildman–Crippen LogP) is 2.46. The Labute approximate surface area is 120 Å². The predicted molar refractivity (Wildman–Crippen MR) is 78.3 cm³/mol. The maximum absolute atomic E-state index is 12.1. The average Bonchev–Trinajstić information content (AvgIpc) is 3.28. The molecular weight excluding hydrogens is 250 g/mol. The van der Waals surface area contributed by atoms with Gasteiger partial charge in [0.15, 0.2) is 0 Å². The molecule has 1 aromatic rings. The first kappa shape index (κ1) is 13.6. The van der Waals surface area contributed by atoms with Crippen LogP contribution in [0.1, 0.15) is 43.6 Å². The van der Waals surface area contributed by atoms with Gasteiger partial charge in [-0.2, -0.15) is 0 Å². The van der Waals surface area contributed by atoms with E-state index in [-0.39, 0.29) is 23.8 Å². The van der Waals surface area contributed by atoms with Crippen LogP contribution in [0.4, 0.5) is 0 Å². The third-order valence-corrected chi connectivity index (χ3v) is 4.76. The van der Waals surface area contributed by atoms with Crippen LogP contribution < -0.4 is 5.32 Å². The van der Waals surface area contributed by atoms with Gasteiger partial charge in [-0.05, 0) is 30.7 Å². The number of carbonyl (C=O) groups is 1. The first-order valence-corrected chi connectivity index (χ1v) is 7.76. The Bertz CT molecular complexity index is 459. The number of carbonyl (C=O) groups excluding carboxylic acids is 1. The highest BCUT2D eigenvalue weighted by Crippen LogP contribution is 2.47. The molecule has 0 radical (unpaired) electrons. The largest absolute Gasteiger partial charge is 0.393 e. The van der Waals surface area contributed by atoms with Crippen molar-refractivity contribution in [2.45, 2.75) is 44.1 Å². The van der Waals surface area contributed by atoms with Crippen molar-refractivity contribution in [2.75, 3.05) is 6.54 Å². The molecule has 0 aliphatic heterocycles. The van der Waals surface area contributed by atoms with Crippen molar-refractivity contribution in [1.82, 2.24) is 5.32 Å². The number of amides is 1. The summed E-state index contributed by atoms with van der Waals surface area (Å²) >= 11 is 0. The van der Waals surface area contributed by atoms with Gasteiger partial charge in [0.25, 0.3) is 0 Å². The number of hydrogen-bond donors (Lipinski definition) is 2. The molecule has 0 bridgehead atoms. The fourth-order valence-electron chi connectivity index (χ4n) is 3.34. The van der Waals surface area contributed by atoms with E-state index in [1.54, 1.807) is 0 Å². The highest BCUT2D eigenvalue weighted by Gasteiger charge is 2.43. The molecule has 3 nitrogen and oxygen atoms in total. The Morgan fingerprint density at radius 2 is 1.95 bits per heavy atom. The standard InChI is InChI=1S/C17H23NO2/c19-16-9-5-4-8-13(16)11-18-17(20)15-10-14(15)12-6-2-1-3-7-12/h1-3,6-7,13-16,19H,4-5,8-11H2,(H,18,20). The Balaban J connectivity index is 1.47. The van der Waals surface area contributed by atoms with Crippen LogP contribution in [-0.4, -0.2) is 23.7 Å². The van der Waals surface area contributed by atoms with Crippen molar-refractivity contribution < 1.29 is 9.90 Å². The zero-order chi connectivity index (χ0) is 13.9. The molecule has 4 atom stereocenters. The van der Waals surface area contributed by atoms with E-state index in [1.165, 1.54) is 12.0 Å². The number of aliphatic hydroxyl groups is 1. The van der Waals surface area contributed by atoms with E-state index in [0.717, 1.165) is 25.7 Å². The summed E-state index contributed by atoms with van der Waals surface area (Å²) in [5.41, 5.74) is 1.27. The number of nitrogens with one attached hydrogen (secondary N) is 1. The van der Waals surface area contributed by atoms with Gasteiger partial charge in [-0.1, -0.05) is 43.2 Å². The summed E-state index contributed by atoms with van der Waals surface area (Å²) in [6.45, 7) is 0.637. The quantitative estimate of drug-likeness (QED) is 0.885. The molecule has 1 aromatic carbocycles. The molecule has 108 valence electrons. The van der Waals surface area contributed by atoms with Gasteiger partial charge in [0.2, 0.25) is 5.91 Å². The van der Waals surface area contributed by atoms with Gasteiger partial charge < -0.3 is 10.4 Å². The fraction of sp³-hybridized carbons (Fsp3) is 0.588. The lowest BCUT2D eigenvalue weighted by Crippen LogP contribution is -2.37. The van der Waals surface area contributed by atoms with E-state index in [1.807, 2.05) is 18.2 Å². The lowest BCUT2D eigenvalue weighted by atomic mass is 9.86. The van der Waals surface area contributed by atoms with Gasteiger partial charge in [0, 0.05) is 18.4 Å². The van der Waals surface area contributed by atoms with Crippen molar-refractivity contribution in [1.29, 1.82) is 0 Å². The smallest absolute Gasteiger partial charge is 0.223 e. The third kappa shape index (κ3) is 3.04. The first-order valence-electron chi connectivity index (χ1n) is 7.76. The molecule has 2 aliphatic rings. The molecule has 0 saturated heterocycles. The lowest BCUT2D eigenvalue weighted by molar-refractivity contribution is -0.122. The highest BCUT2D eigenvalue weighted by atomic mass is 16.3. The Kier molecular flexibility index (Phi) is 4.06. The van der Waals surface area contributed by atoms with Gasteiger partial charge >= 0.3 is 0 Å². The molecule has 1 amide bonds. The van der Waals surface area contributed by atoms with Crippen LogP contribution in [0.15, 0.2) is 30.3 Å². The topological polar surface area (TPSA) is 49.3 Å². The molecule has 3 heteroatoms. The normalized spacial score (nSPS) is 32.6. The summed E-state index contributed by atoms with van der Waals surface area (Å²) in [6.07, 6.45) is 4.94. The van der Waals surface area contributed by atoms with E-state index < -0.39 is 0 Å². The Hall–Kier alpha value is -1.35. The molecule has 2 fully saturated rings. The van der Waals surface area contributed by atoms with Crippen LogP contribution in [0.5, 0.6) is 0 Å². The second-order valence-electron chi connectivity index (χ2n) is 6.22. The molecule has 2 saturated carbocycles. The Morgan fingerprint density at radius 3 is 2.70 bits per heavy atom. The lowest BCUT2D eigenvalue weighted by Gasteiger charge is -2.27.